The maximum absolute atomic E-state index is 12.2. The highest BCUT2D eigenvalue weighted by atomic mass is 16.6. The second kappa shape index (κ2) is 6.55. The molecule has 2 N–H and O–H groups in total. The van der Waals surface area contributed by atoms with Gasteiger partial charge in [-0.05, 0) is 18.9 Å². The number of hydrogen-bond donors (Lipinski definition) is 2. The first kappa shape index (κ1) is 15.3. The summed E-state index contributed by atoms with van der Waals surface area (Å²) in [7, 11) is 0. The van der Waals surface area contributed by atoms with Crippen LogP contribution in [0.2, 0.25) is 0 Å². The molecule has 2 rings (SSSR count). The summed E-state index contributed by atoms with van der Waals surface area (Å²) in [5.74, 6) is 0. The third-order valence-electron chi connectivity index (χ3n) is 3.43. The van der Waals surface area contributed by atoms with E-state index in [1.54, 1.807) is 6.92 Å². The van der Waals surface area contributed by atoms with Crippen LogP contribution in [-0.2, 0) is 11.2 Å². The molecule has 0 radical (unpaired) electrons. The first-order valence-corrected chi connectivity index (χ1v) is 6.69. The molecule has 1 heterocycles. The molecule has 1 aromatic rings. The zero-order valence-electron chi connectivity index (χ0n) is 11.7. The maximum atomic E-state index is 12.2. The number of hydrogen-bond acceptors (Lipinski definition) is 4. The Labute approximate surface area is 122 Å². The SMILES string of the molecule is CCN(C(=O)O)C(=O)N1COC(O)C1Cc1ccccc1. The monoisotopic (exact) mass is 294 g/mol. The molecule has 2 unspecified atom stereocenters. The molecule has 0 bridgehead atoms. The van der Waals surface area contributed by atoms with Crippen LogP contribution in [0.5, 0.6) is 0 Å². The molecule has 7 nitrogen and oxygen atoms in total. The fourth-order valence-corrected chi connectivity index (χ4v) is 2.29. The van der Waals surface area contributed by atoms with E-state index in [1.165, 1.54) is 4.90 Å². The smallest absolute Gasteiger partial charge is 0.415 e. The number of aliphatic hydroxyl groups is 1. The van der Waals surface area contributed by atoms with E-state index in [1.807, 2.05) is 30.3 Å². The lowest BCUT2D eigenvalue weighted by Gasteiger charge is -2.27. The quantitative estimate of drug-likeness (QED) is 0.877. The molecule has 0 saturated carbocycles. The molecule has 1 saturated heterocycles. The highest BCUT2D eigenvalue weighted by Gasteiger charge is 2.39. The second-order valence-corrected chi connectivity index (χ2v) is 4.72. The van der Waals surface area contributed by atoms with E-state index in [0.29, 0.717) is 11.3 Å². The molecule has 1 aromatic carbocycles. The van der Waals surface area contributed by atoms with Crippen LogP contribution in [0.15, 0.2) is 30.3 Å². The number of ether oxygens (including phenoxy) is 1. The lowest BCUT2D eigenvalue weighted by molar-refractivity contribution is -0.0671. The van der Waals surface area contributed by atoms with Crippen LogP contribution in [0, 0.1) is 0 Å². The zero-order chi connectivity index (χ0) is 15.4. The Balaban J connectivity index is 2.14. The van der Waals surface area contributed by atoms with Gasteiger partial charge in [0, 0.05) is 6.54 Å². The van der Waals surface area contributed by atoms with Crippen molar-refractivity contribution in [3.63, 3.8) is 0 Å². The highest BCUT2D eigenvalue weighted by molar-refractivity contribution is 5.90. The first-order chi connectivity index (χ1) is 10.0. The fraction of sp³-hybridized carbons (Fsp3) is 0.429. The zero-order valence-corrected chi connectivity index (χ0v) is 11.7. The Morgan fingerprint density at radius 2 is 2.05 bits per heavy atom. The maximum Gasteiger partial charge on any atom is 0.415 e. The van der Waals surface area contributed by atoms with Gasteiger partial charge in [-0.1, -0.05) is 30.3 Å². The Kier molecular flexibility index (Phi) is 4.77. The van der Waals surface area contributed by atoms with Gasteiger partial charge in [0.15, 0.2) is 6.29 Å². The Morgan fingerprint density at radius 1 is 1.38 bits per heavy atom. The molecule has 3 amide bonds. The summed E-state index contributed by atoms with van der Waals surface area (Å²) in [6.07, 6.45) is -2.05. The minimum absolute atomic E-state index is 0.0405. The van der Waals surface area contributed by atoms with Crippen molar-refractivity contribution in [2.24, 2.45) is 0 Å². The molecular formula is C14H18N2O5. The summed E-state index contributed by atoms with van der Waals surface area (Å²) in [5, 5.41) is 18.9. The predicted molar refractivity (Wildman–Crippen MR) is 73.5 cm³/mol. The molecule has 1 aliphatic heterocycles. The molecule has 1 aliphatic rings. The third-order valence-corrected chi connectivity index (χ3v) is 3.43. The topological polar surface area (TPSA) is 90.3 Å². The standard InChI is InChI=1S/C14H18N2O5/c1-2-15(14(19)20)13(18)16-9-21-12(17)11(16)8-10-6-4-3-5-7-10/h3-7,11-12,17H,2,8-9H2,1H3,(H,19,20). The van der Waals surface area contributed by atoms with Gasteiger partial charge < -0.3 is 14.9 Å². The summed E-state index contributed by atoms with van der Waals surface area (Å²) in [6, 6.07) is 8.07. The van der Waals surface area contributed by atoms with Crippen molar-refractivity contribution in [2.75, 3.05) is 13.3 Å². The number of rotatable bonds is 3. The number of amides is 3. The number of benzene rings is 1. The number of carbonyl (C=O) groups excluding carboxylic acids is 1. The molecule has 0 aliphatic carbocycles. The summed E-state index contributed by atoms with van der Waals surface area (Å²) >= 11 is 0. The Morgan fingerprint density at radius 3 is 2.62 bits per heavy atom. The highest BCUT2D eigenvalue weighted by Crippen LogP contribution is 2.21. The minimum Gasteiger partial charge on any atom is -0.465 e. The largest absolute Gasteiger partial charge is 0.465 e. The van der Waals surface area contributed by atoms with Crippen LogP contribution in [0.1, 0.15) is 12.5 Å². The number of carboxylic acid groups (broad SMARTS) is 1. The van der Waals surface area contributed by atoms with Gasteiger partial charge in [-0.2, -0.15) is 0 Å². The summed E-state index contributed by atoms with van der Waals surface area (Å²) in [4.78, 5) is 25.2. The Bertz CT molecular complexity index is 507. The van der Waals surface area contributed by atoms with Gasteiger partial charge in [0.05, 0.1) is 6.04 Å². The van der Waals surface area contributed by atoms with Crippen molar-refractivity contribution < 1.29 is 24.5 Å². The van der Waals surface area contributed by atoms with E-state index in [2.05, 4.69) is 0 Å². The van der Waals surface area contributed by atoms with Crippen LogP contribution in [-0.4, -0.2) is 57.7 Å². The molecule has 2 atom stereocenters. The Hall–Kier alpha value is -2.12. The third kappa shape index (κ3) is 3.32. The van der Waals surface area contributed by atoms with Crippen molar-refractivity contribution in [2.45, 2.75) is 25.7 Å². The number of urea groups is 1. The molecular weight excluding hydrogens is 276 g/mol. The summed E-state index contributed by atoms with van der Waals surface area (Å²) in [5.41, 5.74) is 0.934. The van der Waals surface area contributed by atoms with Gasteiger partial charge in [0.2, 0.25) is 0 Å². The summed E-state index contributed by atoms with van der Waals surface area (Å²) < 4.78 is 5.09. The first-order valence-electron chi connectivity index (χ1n) is 6.69. The van der Waals surface area contributed by atoms with Gasteiger partial charge in [-0.25, -0.2) is 14.5 Å². The van der Waals surface area contributed by atoms with E-state index in [4.69, 9.17) is 9.84 Å². The second-order valence-electron chi connectivity index (χ2n) is 4.72. The fourth-order valence-electron chi connectivity index (χ4n) is 2.29. The molecule has 0 aromatic heterocycles. The van der Waals surface area contributed by atoms with Crippen LogP contribution >= 0.6 is 0 Å². The van der Waals surface area contributed by atoms with Gasteiger partial charge in [0.1, 0.15) is 6.73 Å². The van der Waals surface area contributed by atoms with E-state index < -0.39 is 24.5 Å². The number of carbonyl (C=O) groups is 2. The average Bonchev–Trinajstić information content (AvgIpc) is 2.82. The van der Waals surface area contributed by atoms with Crippen molar-refractivity contribution in [1.29, 1.82) is 0 Å². The minimum atomic E-state index is -1.32. The molecule has 7 heteroatoms. The van der Waals surface area contributed by atoms with Gasteiger partial charge >= 0.3 is 12.1 Å². The summed E-state index contributed by atoms with van der Waals surface area (Å²) in [6.45, 7) is 1.49. The van der Waals surface area contributed by atoms with Gasteiger partial charge in [-0.15, -0.1) is 0 Å². The number of nitrogens with zero attached hydrogens (tertiary/aromatic N) is 2. The van der Waals surface area contributed by atoms with Crippen LogP contribution in [0.3, 0.4) is 0 Å². The molecule has 21 heavy (non-hydrogen) atoms. The van der Waals surface area contributed by atoms with Gasteiger partial charge in [-0.3, -0.25) is 4.90 Å². The van der Waals surface area contributed by atoms with Crippen molar-refractivity contribution in [1.82, 2.24) is 9.80 Å². The van der Waals surface area contributed by atoms with Crippen molar-refractivity contribution in [3.8, 4) is 0 Å². The van der Waals surface area contributed by atoms with E-state index in [9.17, 15) is 14.7 Å². The van der Waals surface area contributed by atoms with Gasteiger partial charge in [0.25, 0.3) is 0 Å². The normalized spacial score (nSPS) is 21.3. The van der Waals surface area contributed by atoms with Crippen LogP contribution in [0.25, 0.3) is 0 Å². The van der Waals surface area contributed by atoms with E-state index in [0.717, 1.165) is 5.56 Å². The average molecular weight is 294 g/mol. The lowest BCUT2D eigenvalue weighted by atomic mass is 10.1. The van der Waals surface area contributed by atoms with Crippen molar-refractivity contribution >= 4 is 12.1 Å². The van der Waals surface area contributed by atoms with Crippen LogP contribution in [0.4, 0.5) is 9.59 Å². The predicted octanol–water partition coefficient (Wildman–Crippen LogP) is 1.33. The van der Waals surface area contributed by atoms with Crippen LogP contribution < -0.4 is 0 Å². The molecule has 1 fully saturated rings. The van der Waals surface area contributed by atoms with E-state index >= 15 is 0 Å². The molecule has 114 valence electrons. The van der Waals surface area contributed by atoms with E-state index in [-0.39, 0.29) is 13.3 Å². The molecule has 0 spiro atoms. The lowest BCUT2D eigenvalue weighted by Crippen LogP contribution is -2.49. The van der Waals surface area contributed by atoms with Crippen molar-refractivity contribution in [3.05, 3.63) is 35.9 Å². The number of aliphatic hydroxyl groups excluding tert-OH is 1. The number of imide groups is 1.